The van der Waals surface area contributed by atoms with Gasteiger partial charge in [-0.05, 0) is 31.0 Å². The van der Waals surface area contributed by atoms with E-state index in [4.69, 9.17) is 0 Å². The summed E-state index contributed by atoms with van der Waals surface area (Å²) in [6.45, 7) is 3.63. The van der Waals surface area contributed by atoms with Gasteiger partial charge < -0.3 is 0 Å². The number of aryl methyl sites for hydroxylation is 2. The number of hydrogen-bond donors (Lipinski definition) is 1. The van der Waals surface area contributed by atoms with E-state index in [-0.39, 0.29) is 11.6 Å². The summed E-state index contributed by atoms with van der Waals surface area (Å²) in [4.78, 5) is 4.87. The summed E-state index contributed by atoms with van der Waals surface area (Å²) in [5, 5.41) is 5.00. The van der Waals surface area contributed by atoms with Crippen molar-refractivity contribution in [1.82, 2.24) is 19.3 Å². The standard InChI is InChI=1S/C14H15FN4O2S2/c1-3-12-13(19-14(17-12)22-9(2)18-19)23(20,21)16-8-10-5-4-6-11(15)7-10/h4-7,16H,3,8H2,1-2H3. The Bertz CT molecular complexity index is 962. The summed E-state index contributed by atoms with van der Waals surface area (Å²) < 4.78 is 42.3. The largest absolute Gasteiger partial charge is 0.260 e. The van der Waals surface area contributed by atoms with Crippen molar-refractivity contribution in [2.75, 3.05) is 0 Å². The molecule has 2 heterocycles. The minimum atomic E-state index is -3.81. The van der Waals surface area contributed by atoms with E-state index in [9.17, 15) is 12.8 Å². The number of aromatic nitrogens is 3. The second-order valence-electron chi connectivity index (χ2n) is 4.99. The smallest absolute Gasteiger partial charge is 0.221 e. The van der Waals surface area contributed by atoms with Crippen molar-refractivity contribution >= 4 is 26.3 Å². The Kier molecular flexibility index (Phi) is 4.17. The molecule has 1 N–H and O–H groups in total. The number of nitrogens with zero attached hydrogens (tertiary/aromatic N) is 3. The van der Waals surface area contributed by atoms with E-state index >= 15 is 0 Å². The van der Waals surface area contributed by atoms with Crippen LogP contribution in [0.2, 0.25) is 0 Å². The van der Waals surface area contributed by atoms with Gasteiger partial charge in [-0.25, -0.2) is 22.5 Å². The van der Waals surface area contributed by atoms with Gasteiger partial charge in [0.05, 0.1) is 5.69 Å². The van der Waals surface area contributed by atoms with E-state index in [1.807, 2.05) is 6.92 Å². The second-order valence-corrected chi connectivity index (χ2v) is 7.83. The molecule has 0 spiro atoms. The van der Waals surface area contributed by atoms with Crippen LogP contribution in [-0.2, 0) is 23.0 Å². The Balaban J connectivity index is 1.96. The van der Waals surface area contributed by atoms with Gasteiger partial charge in [0.1, 0.15) is 10.8 Å². The van der Waals surface area contributed by atoms with Gasteiger partial charge in [0.15, 0.2) is 5.03 Å². The molecular weight excluding hydrogens is 339 g/mol. The predicted octanol–water partition coefficient (Wildman–Crippen LogP) is 2.28. The average Bonchev–Trinajstić information content (AvgIpc) is 3.00. The monoisotopic (exact) mass is 354 g/mol. The fourth-order valence-corrected chi connectivity index (χ4v) is 4.43. The van der Waals surface area contributed by atoms with Gasteiger partial charge in [0.25, 0.3) is 10.0 Å². The van der Waals surface area contributed by atoms with Gasteiger partial charge in [0.2, 0.25) is 4.96 Å². The van der Waals surface area contributed by atoms with Crippen molar-refractivity contribution in [1.29, 1.82) is 0 Å². The molecule has 0 aliphatic heterocycles. The molecule has 0 bridgehead atoms. The van der Waals surface area contributed by atoms with Crippen LogP contribution in [0, 0.1) is 12.7 Å². The first kappa shape index (κ1) is 16.0. The topological polar surface area (TPSA) is 76.4 Å². The zero-order valence-corrected chi connectivity index (χ0v) is 14.2. The molecular formula is C14H15FN4O2S2. The minimum Gasteiger partial charge on any atom is -0.221 e. The molecule has 0 saturated carbocycles. The van der Waals surface area contributed by atoms with Gasteiger partial charge >= 0.3 is 0 Å². The van der Waals surface area contributed by atoms with Crippen LogP contribution in [0.3, 0.4) is 0 Å². The molecule has 2 aromatic heterocycles. The van der Waals surface area contributed by atoms with Crippen LogP contribution >= 0.6 is 11.3 Å². The fourth-order valence-electron chi connectivity index (χ4n) is 2.26. The van der Waals surface area contributed by atoms with Crippen LogP contribution in [0.25, 0.3) is 4.96 Å². The van der Waals surface area contributed by atoms with Crippen LogP contribution in [0.4, 0.5) is 4.39 Å². The molecule has 122 valence electrons. The summed E-state index contributed by atoms with van der Waals surface area (Å²) in [7, 11) is -3.81. The molecule has 0 radical (unpaired) electrons. The normalized spacial score (nSPS) is 12.1. The highest BCUT2D eigenvalue weighted by molar-refractivity contribution is 7.89. The van der Waals surface area contributed by atoms with Crippen molar-refractivity contribution in [3.05, 3.63) is 46.3 Å². The highest BCUT2D eigenvalue weighted by Gasteiger charge is 2.26. The number of hydrogen-bond acceptors (Lipinski definition) is 5. The molecule has 0 saturated heterocycles. The van der Waals surface area contributed by atoms with Crippen molar-refractivity contribution in [2.45, 2.75) is 31.8 Å². The second kappa shape index (κ2) is 5.99. The first-order valence-electron chi connectivity index (χ1n) is 7.00. The highest BCUT2D eigenvalue weighted by Crippen LogP contribution is 2.22. The molecule has 9 heteroatoms. The number of rotatable bonds is 5. The SMILES string of the molecule is CCc1nc2sc(C)nn2c1S(=O)(=O)NCc1cccc(F)c1. The summed E-state index contributed by atoms with van der Waals surface area (Å²) in [5.41, 5.74) is 1.01. The maximum Gasteiger partial charge on any atom is 0.260 e. The lowest BCUT2D eigenvalue weighted by molar-refractivity contribution is 0.570. The zero-order valence-electron chi connectivity index (χ0n) is 12.6. The van der Waals surface area contributed by atoms with Crippen LogP contribution < -0.4 is 4.72 Å². The first-order chi connectivity index (χ1) is 10.9. The molecule has 0 amide bonds. The maximum atomic E-state index is 13.2. The molecule has 0 unspecified atom stereocenters. The van der Waals surface area contributed by atoms with Crippen LogP contribution in [0.1, 0.15) is 23.2 Å². The molecule has 23 heavy (non-hydrogen) atoms. The van der Waals surface area contributed by atoms with Gasteiger partial charge in [0, 0.05) is 6.54 Å². The summed E-state index contributed by atoms with van der Waals surface area (Å²) >= 11 is 1.33. The number of fused-ring (bicyclic) bond motifs is 1. The van der Waals surface area contributed by atoms with Crippen molar-refractivity contribution in [2.24, 2.45) is 0 Å². The fraction of sp³-hybridized carbons (Fsp3) is 0.286. The molecule has 0 atom stereocenters. The van der Waals surface area contributed by atoms with Crippen molar-refractivity contribution < 1.29 is 12.8 Å². The third-order valence-corrected chi connectivity index (χ3v) is 5.54. The third-order valence-electron chi connectivity index (χ3n) is 3.28. The first-order valence-corrected chi connectivity index (χ1v) is 9.30. The Morgan fingerprint density at radius 2 is 2.17 bits per heavy atom. The molecule has 1 aromatic carbocycles. The van der Waals surface area contributed by atoms with Crippen LogP contribution in [0.5, 0.6) is 0 Å². The maximum absolute atomic E-state index is 13.2. The van der Waals surface area contributed by atoms with Gasteiger partial charge in [-0.15, -0.1) is 0 Å². The average molecular weight is 354 g/mol. The number of imidazole rings is 1. The number of sulfonamides is 1. The third kappa shape index (κ3) is 3.12. The molecule has 0 fully saturated rings. The van der Waals surface area contributed by atoms with Crippen molar-refractivity contribution in [3.63, 3.8) is 0 Å². The van der Waals surface area contributed by atoms with Crippen LogP contribution in [-0.4, -0.2) is 23.0 Å². The lowest BCUT2D eigenvalue weighted by Gasteiger charge is -2.07. The van der Waals surface area contributed by atoms with E-state index in [1.54, 1.807) is 13.0 Å². The van der Waals surface area contributed by atoms with E-state index in [0.29, 0.717) is 22.6 Å². The molecule has 0 aliphatic carbocycles. The predicted molar refractivity (Wildman–Crippen MR) is 85.4 cm³/mol. The Morgan fingerprint density at radius 1 is 1.39 bits per heavy atom. The quantitative estimate of drug-likeness (QED) is 0.763. The molecule has 3 rings (SSSR count). The van der Waals surface area contributed by atoms with Gasteiger partial charge in [-0.1, -0.05) is 30.4 Å². The van der Waals surface area contributed by atoms with Crippen LogP contribution in [0.15, 0.2) is 29.3 Å². The van der Waals surface area contributed by atoms with Gasteiger partial charge in [-0.3, -0.25) is 0 Å². The van der Waals surface area contributed by atoms with Crippen molar-refractivity contribution in [3.8, 4) is 0 Å². The lowest BCUT2D eigenvalue weighted by Crippen LogP contribution is -2.25. The number of benzene rings is 1. The molecule has 0 aliphatic rings. The Morgan fingerprint density at radius 3 is 2.87 bits per heavy atom. The van der Waals surface area contributed by atoms with Gasteiger partial charge in [-0.2, -0.15) is 9.61 Å². The summed E-state index contributed by atoms with van der Waals surface area (Å²) in [6.07, 6.45) is 0.478. The molecule has 3 aromatic rings. The van der Waals surface area contributed by atoms with E-state index in [1.165, 1.54) is 34.1 Å². The Hall–Kier alpha value is -1.84. The summed E-state index contributed by atoms with van der Waals surface area (Å²) in [5.74, 6) is -0.405. The number of nitrogens with one attached hydrogen (secondary N) is 1. The minimum absolute atomic E-state index is 0.000397. The van der Waals surface area contributed by atoms with E-state index in [2.05, 4.69) is 14.8 Å². The Labute approximate surface area is 137 Å². The summed E-state index contributed by atoms with van der Waals surface area (Å²) in [6, 6.07) is 5.80. The van der Waals surface area contributed by atoms with E-state index in [0.717, 1.165) is 5.01 Å². The van der Waals surface area contributed by atoms with E-state index < -0.39 is 15.8 Å². The zero-order chi connectivity index (χ0) is 16.6. The highest BCUT2D eigenvalue weighted by atomic mass is 32.2. The number of halogens is 1. The molecule has 6 nitrogen and oxygen atoms in total. The lowest BCUT2D eigenvalue weighted by atomic mass is 10.2.